The Bertz CT molecular complexity index is 941. The summed E-state index contributed by atoms with van der Waals surface area (Å²) in [6.07, 6.45) is 2.66. The maximum Gasteiger partial charge on any atom is 0.168 e. The summed E-state index contributed by atoms with van der Waals surface area (Å²) in [5, 5.41) is 0. The highest BCUT2D eigenvalue weighted by atomic mass is 16.1. The number of imidazole rings is 1. The van der Waals surface area contributed by atoms with E-state index in [0.717, 1.165) is 28.7 Å². The molecule has 0 N–H and O–H groups in total. The van der Waals surface area contributed by atoms with E-state index in [0.29, 0.717) is 5.69 Å². The first-order chi connectivity index (χ1) is 13.3. The van der Waals surface area contributed by atoms with E-state index in [-0.39, 0.29) is 0 Å². The normalized spacial score (nSPS) is 11.3. The predicted molar refractivity (Wildman–Crippen MR) is 107 cm³/mol. The summed E-state index contributed by atoms with van der Waals surface area (Å²) in [5.74, 6) is 0. The minimum Gasteiger partial charge on any atom is -0.309 e. The van der Waals surface area contributed by atoms with E-state index in [1.807, 2.05) is 66.1 Å². The average molecular weight is 352 g/mol. The molecule has 0 bridgehead atoms. The molecule has 1 heterocycles. The molecule has 0 aliphatic rings. The van der Waals surface area contributed by atoms with E-state index in [1.54, 1.807) is 6.33 Å². The minimum atomic E-state index is -0.693. The number of hydrogen-bond acceptors (Lipinski definition) is 2. The fourth-order valence-electron chi connectivity index (χ4n) is 3.81. The van der Waals surface area contributed by atoms with E-state index < -0.39 is 5.54 Å². The van der Waals surface area contributed by atoms with Gasteiger partial charge in [-0.2, -0.15) is 0 Å². The smallest absolute Gasteiger partial charge is 0.168 e. The zero-order valence-corrected chi connectivity index (χ0v) is 15.1. The standard InChI is InChI=1S/C24H20N2O/c1-19-23(17-27)26(18-25-19)24(20-11-5-2-6-12-20,21-13-7-3-8-14-21)22-15-9-4-10-16-22/h2-18H,1H3. The summed E-state index contributed by atoms with van der Waals surface area (Å²) < 4.78 is 2.00. The summed E-state index contributed by atoms with van der Waals surface area (Å²) in [7, 11) is 0. The van der Waals surface area contributed by atoms with E-state index in [2.05, 4.69) is 41.4 Å². The van der Waals surface area contributed by atoms with E-state index >= 15 is 0 Å². The largest absolute Gasteiger partial charge is 0.309 e. The van der Waals surface area contributed by atoms with Crippen LogP contribution in [0.4, 0.5) is 0 Å². The van der Waals surface area contributed by atoms with E-state index in [4.69, 9.17) is 0 Å². The maximum absolute atomic E-state index is 12.0. The SMILES string of the molecule is Cc1ncn(C(c2ccccc2)(c2ccccc2)c2ccccc2)c1C=O. The Balaban J connectivity index is 2.18. The summed E-state index contributed by atoms with van der Waals surface area (Å²) >= 11 is 0. The maximum atomic E-state index is 12.0. The highest BCUT2D eigenvalue weighted by molar-refractivity contribution is 5.75. The number of aryl methyl sites for hydroxylation is 1. The lowest BCUT2D eigenvalue weighted by Gasteiger charge is -2.38. The lowest BCUT2D eigenvalue weighted by molar-refractivity contribution is 0.111. The lowest BCUT2D eigenvalue weighted by Crippen LogP contribution is -2.38. The number of carbonyl (C=O) groups excluding carboxylic acids is 1. The summed E-state index contributed by atoms with van der Waals surface area (Å²) in [4.78, 5) is 16.5. The molecule has 4 rings (SSSR count). The fraction of sp³-hybridized carbons (Fsp3) is 0.0833. The highest BCUT2D eigenvalue weighted by Crippen LogP contribution is 2.41. The molecule has 0 fully saturated rings. The van der Waals surface area contributed by atoms with Crippen LogP contribution in [-0.2, 0) is 5.54 Å². The molecular weight excluding hydrogens is 332 g/mol. The average Bonchev–Trinajstić information content (AvgIpc) is 3.12. The Kier molecular flexibility index (Phi) is 4.43. The van der Waals surface area contributed by atoms with Crippen LogP contribution in [0.2, 0.25) is 0 Å². The third-order valence-corrected chi connectivity index (χ3v) is 5.04. The molecule has 1 aromatic heterocycles. The number of rotatable bonds is 5. The summed E-state index contributed by atoms with van der Waals surface area (Å²) in [6, 6.07) is 30.8. The third-order valence-electron chi connectivity index (χ3n) is 5.04. The quantitative estimate of drug-likeness (QED) is 0.380. The molecule has 0 aliphatic carbocycles. The number of hydrogen-bond donors (Lipinski definition) is 0. The van der Waals surface area contributed by atoms with Crippen LogP contribution in [0.25, 0.3) is 0 Å². The molecule has 0 spiro atoms. The zero-order chi connectivity index (χ0) is 18.7. The molecule has 0 unspecified atom stereocenters. The van der Waals surface area contributed by atoms with Gasteiger partial charge >= 0.3 is 0 Å². The van der Waals surface area contributed by atoms with Crippen LogP contribution in [0.1, 0.15) is 32.9 Å². The summed E-state index contributed by atoms with van der Waals surface area (Å²) in [5.41, 5.74) is 3.82. The van der Waals surface area contributed by atoms with Crippen molar-refractivity contribution in [1.29, 1.82) is 0 Å². The van der Waals surface area contributed by atoms with Crippen molar-refractivity contribution in [2.75, 3.05) is 0 Å². The van der Waals surface area contributed by atoms with Crippen LogP contribution in [0.3, 0.4) is 0 Å². The highest BCUT2D eigenvalue weighted by Gasteiger charge is 2.39. The molecule has 4 aromatic rings. The lowest BCUT2D eigenvalue weighted by atomic mass is 9.76. The third kappa shape index (κ3) is 2.68. The predicted octanol–water partition coefficient (Wildman–Crippen LogP) is 4.84. The number of aromatic nitrogens is 2. The Morgan fingerprint density at radius 2 is 1.15 bits per heavy atom. The van der Waals surface area contributed by atoms with Gasteiger partial charge in [0, 0.05) is 0 Å². The van der Waals surface area contributed by atoms with Gasteiger partial charge in [-0.15, -0.1) is 0 Å². The van der Waals surface area contributed by atoms with Crippen LogP contribution < -0.4 is 0 Å². The second-order valence-electron chi connectivity index (χ2n) is 6.51. The van der Waals surface area contributed by atoms with Gasteiger partial charge in [-0.1, -0.05) is 91.0 Å². The van der Waals surface area contributed by atoms with E-state index in [9.17, 15) is 4.79 Å². The number of nitrogens with zero attached hydrogens (tertiary/aromatic N) is 2. The molecule has 27 heavy (non-hydrogen) atoms. The first-order valence-corrected chi connectivity index (χ1v) is 8.94. The monoisotopic (exact) mass is 352 g/mol. The number of carbonyl (C=O) groups is 1. The first-order valence-electron chi connectivity index (χ1n) is 8.94. The number of benzene rings is 3. The molecule has 0 radical (unpaired) electrons. The van der Waals surface area contributed by atoms with Crippen LogP contribution in [0, 0.1) is 6.92 Å². The van der Waals surface area contributed by atoms with Crippen molar-refractivity contribution in [3.63, 3.8) is 0 Å². The molecular formula is C24H20N2O. The zero-order valence-electron chi connectivity index (χ0n) is 15.1. The van der Waals surface area contributed by atoms with Crippen LogP contribution in [-0.4, -0.2) is 15.8 Å². The topological polar surface area (TPSA) is 34.9 Å². The van der Waals surface area contributed by atoms with E-state index in [1.165, 1.54) is 0 Å². The second-order valence-corrected chi connectivity index (χ2v) is 6.51. The van der Waals surface area contributed by atoms with Crippen molar-refractivity contribution < 1.29 is 4.79 Å². The molecule has 3 heteroatoms. The Morgan fingerprint density at radius 1 is 0.741 bits per heavy atom. The van der Waals surface area contributed by atoms with Gasteiger partial charge in [0.25, 0.3) is 0 Å². The molecule has 132 valence electrons. The van der Waals surface area contributed by atoms with Crippen LogP contribution in [0.5, 0.6) is 0 Å². The van der Waals surface area contributed by atoms with Crippen molar-refractivity contribution in [1.82, 2.24) is 9.55 Å². The van der Waals surface area contributed by atoms with Crippen LogP contribution >= 0.6 is 0 Å². The Labute approximate surface area is 158 Å². The Hall–Kier alpha value is -3.46. The molecule has 0 atom stereocenters. The minimum absolute atomic E-state index is 0.576. The van der Waals surface area contributed by atoms with Crippen LogP contribution in [0.15, 0.2) is 97.3 Å². The van der Waals surface area contributed by atoms with Gasteiger partial charge in [0.15, 0.2) is 6.29 Å². The van der Waals surface area contributed by atoms with Crippen molar-refractivity contribution >= 4 is 6.29 Å². The van der Waals surface area contributed by atoms with Crippen molar-refractivity contribution in [3.8, 4) is 0 Å². The van der Waals surface area contributed by atoms with Gasteiger partial charge in [-0.25, -0.2) is 4.98 Å². The van der Waals surface area contributed by atoms with Crippen molar-refractivity contribution in [2.24, 2.45) is 0 Å². The van der Waals surface area contributed by atoms with Gasteiger partial charge in [-0.3, -0.25) is 4.79 Å². The molecule has 3 nitrogen and oxygen atoms in total. The molecule has 3 aromatic carbocycles. The fourth-order valence-corrected chi connectivity index (χ4v) is 3.81. The van der Waals surface area contributed by atoms with Gasteiger partial charge in [0.1, 0.15) is 11.2 Å². The van der Waals surface area contributed by atoms with Gasteiger partial charge in [0.2, 0.25) is 0 Å². The summed E-state index contributed by atoms with van der Waals surface area (Å²) in [6.45, 7) is 1.87. The van der Waals surface area contributed by atoms with Crippen molar-refractivity contribution in [3.05, 3.63) is 125 Å². The van der Waals surface area contributed by atoms with Gasteiger partial charge in [-0.05, 0) is 23.6 Å². The van der Waals surface area contributed by atoms with Gasteiger partial charge in [0.05, 0.1) is 12.0 Å². The van der Waals surface area contributed by atoms with Gasteiger partial charge < -0.3 is 4.57 Å². The van der Waals surface area contributed by atoms with Crippen molar-refractivity contribution in [2.45, 2.75) is 12.5 Å². The second kappa shape index (κ2) is 7.04. The number of aldehydes is 1. The molecule has 0 aliphatic heterocycles. The molecule has 0 saturated heterocycles. The first kappa shape index (κ1) is 17.0. The Morgan fingerprint density at radius 3 is 1.52 bits per heavy atom. The molecule has 0 amide bonds. The molecule has 0 saturated carbocycles.